The Balaban J connectivity index is 0.000000160. The van der Waals surface area contributed by atoms with E-state index in [1.54, 1.807) is 11.1 Å². The smallest absolute Gasteiger partial charge is 0.146 e. The third-order valence-electron chi connectivity index (χ3n) is 16.6. The second-order valence-electron chi connectivity index (χ2n) is 21.4. The molecule has 0 aliphatic heterocycles. The van der Waals surface area contributed by atoms with Crippen molar-refractivity contribution in [1.82, 2.24) is 0 Å². The van der Waals surface area contributed by atoms with Crippen molar-refractivity contribution in [3.8, 4) is 0 Å². The number of carbonyl (C=O) groups excluding carboxylic acids is 1. The van der Waals surface area contributed by atoms with Gasteiger partial charge in [-0.05, 0) is 149 Å². The van der Waals surface area contributed by atoms with E-state index in [0.717, 1.165) is 77.7 Å². The molecule has 0 bridgehead atoms. The van der Waals surface area contributed by atoms with E-state index in [1.807, 2.05) is 60.7 Å². The second-order valence-corrected chi connectivity index (χ2v) is 24.2. The first-order chi connectivity index (χ1) is 29.2. The molecule has 6 aliphatic carbocycles. The summed E-state index contributed by atoms with van der Waals surface area (Å²) in [4.78, 5) is 11.6. The summed E-state index contributed by atoms with van der Waals surface area (Å²) in [5.41, 5.74) is 7.68. The van der Waals surface area contributed by atoms with Gasteiger partial charge in [-0.3, -0.25) is 4.79 Å². The predicted molar refractivity (Wildman–Crippen MR) is 264 cm³/mol. The van der Waals surface area contributed by atoms with E-state index < -0.39 is 7.14 Å². The van der Waals surface area contributed by atoms with Crippen LogP contribution in [-0.2, 0) is 9.36 Å². The SMILES string of the molecule is C=C1[C@H](C)CC(=C/C=C2\CCC[C@@H]3[C@@H](C(C)C)CC[C@@H]23)C[C@H]1C.C=C1[C@H](C)CC(=CCP(=O)(c2ccccc2)c2ccccc2)C[C@H]1C.CC(C)[C@H]1CC[C@H]2C(=O)CCC[C@H]12. The molecule has 0 amide bonds. The fraction of sp³-hybridized carbons (Fsp3) is 0.603. The lowest BCUT2D eigenvalue weighted by Crippen LogP contribution is -2.28. The van der Waals surface area contributed by atoms with Crippen LogP contribution in [0.1, 0.15) is 145 Å². The third-order valence-corrected chi connectivity index (χ3v) is 19.6. The van der Waals surface area contributed by atoms with Gasteiger partial charge in [-0.25, -0.2) is 0 Å². The summed E-state index contributed by atoms with van der Waals surface area (Å²) in [5, 5.41) is 1.89. The molecule has 0 radical (unpaired) electrons. The molecule has 332 valence electrons. The minimum Gasteiger partial charge on any atom is -0.313 e. The molecule has 0 aromatic heterocycles. The lowest BCUT2D eigenvalue weighted by Gasteiger charge is -2.33. The average Bonchev–Trinajstić information content (AvgIpc) is 3.91. The number of rotatable bonds is 7. The lowest BCUT2D eigenvalue weighted by atomic mass is 9.72. The zero-order valence-electron chi connectivity index (χ0n) is 39.7. The Kier molecular flexibility index (Phi) is 16.8. The van der Waals surface area contributed by atoms with Gasteiger partial charge in [-0.1, -0.05) is 175 Å². The Morgan fingerprint density at radius 1 is 0.590 bits per heavy atom. The summed E-state index contributed by atoms with van der Waals surface area (Å²) in [6.07, 6.45) is 25.5. The zero-order valence-corrected chi connectivity index (χ0v) is 40.6. The van der Waals surface area contributed by atoms with Gasteiger partial charge >= 0.3 is 0 Å². The Hall–Kier alpha value is -2.96. The van der Waals surface area contributed by atoms with Gasteiger partial charge in [-0.15, -0.1) is 0 Å². The number of hydrogen-bond acceptors (Lipinski definition) is 2. The van der Waals surface area contributed by atoms with Crippen molar-refractivity contribution in [1.29, 1.82) is 0 Å². The third kappa shape index (κ3) is 11.6. The zero-order chi connectivity index (χ0) is 43.8. The lowest BCUT2D eigenvalue weighted by molar-refractivity contribution is -0.126. The van der Waals surface area contributed by atoms with Gasteiger partial charge in [0.1, 0.15) is 12.9 Å². The fourth-order valence-electron chi connectivity index (χ4n) is 12.9. The molecular weight excluding hydrogens is 760 g/mol. The largest absolute Gasteiger partial charge is 0.313 e. The summed E-state index contributed by atoms with van der Waals surface area (Å²) < 4.78 is 14.0. The molecule has 10 atom stereocenters. The Bertz CT molecular complexity index is 1850. The maximum atomic E-state index is 14.0. The molecule has 2 nitrogen and oxygen atoms in total. The van der Waals surface area contributed by atoms with Crippen LogP contribution in [0.5, 0.6) is 0 Å². The van der Waals surface area contributed by atoms with Gasteiger partial charge in [0.2, 0.25) is 0 Å². The van der Waals surface area contributed by atoms with Crippen LogP contribution >= 0.6 is 7.14 Å². The molecule has 2 aromatic rings. The van der Waals surface area contributed by atoms with E-state index in [-0.39, 0.29) is 0 Å². The van der Waals surface area contributed by atoms with Crippen molar-refractivity contribution in [3.05, 3.63) is 120 Å². The molecule has 0 N–H and O–H groups in total. The summed E-state index contributed by atoms with van der Waals surface area (Å²) in [7, 11) is -2.64. The highest BCUT2D eigenvalue weighted by Crippen LogP contribution is 2.51. The van der Waals surface area contributed by atoms with Crippen molar-refractivity contribution < 1.29 is 9.36 Å². The number of hydrogen-bond donors (Lipinski definition) is 0. The van der Waals surface area contributed by atoms with Crippen molar-refractivity contribution >= 4 is 23.5 Å². The number of allylic oxidation sites excluding steroid dienone is 8. The normalized spacial score (nSPS) is 32.2. The standard InChI is InChI=1S/C23H27OP.C23H36.C12H20O/c1-18-16-21(17-19(2)20(18)3)14-15-25(24,22-10-6-4-7-11-22)23-12-8-5-9-13-23;1-15(2)21-11-12-22-20(7-6-8-23(21)22)10-9-19-13-16(3)18(5)17(4)14-19;1-8(2)9-6-7-11-10(9)4-3-5-12(11)13/h4-14,18-19H,3,15-17H2,1-2H3;9-10,15-17,21-23H,5-8,11-14H2,1-4H3;8-11H,3-7H2,1-2H3/b;20-10+;/t18-,19-;16-,17-,21-,22+,23-;9-,10-,11-/m111/s1. The summed E-state index contributed by atoms with van der Waals surface area (Å²) >= 11 is 0. The topological polar surface area (TPSA) is 34.1 Å². The van der Waals surface area contributed by atoms with Crippen molar-refractivity contribution in [3.63, 3.8) is 0 Å². The second kappa shape index (κ2) is 21.6. The molecular formula is C58H83O2P. The molecule has 6 fully saturated rings. The Morgan fingerprint density at radius 3 is 1.52 bits per heavy atom. The minimum absolute atomic E-state index is 0.459. The molecule has 3 heteroatoms. The highest BCUT2D eigenvalue weighted by atomic mass is 31.2. The molecule has 2 aromatic carbocycles. The molecule has 0 saturated heterocycles. The molecule has 0 unspecified atom stereocenters. The van der Waals surface area contributed by atoms with Gasteiger partial charge in [0.05, 0.1) is 0 Å². The van der Waals surface area contributed by atoms with Gasteiger partial charge < -0.3 is 4.57 Å². The van der Waals surface area contributed by atoms with Gasteiger partial charge in [-0.2, -0.15) is 0 Å². The minimum atomic E-state index is -2.64. The Labute approximate surface area is 373 Å². The fourth-order valence-corrected chi connectivity index (χ4v) is 15.4. The number of benzene rings is 2. The van der Waals surface area contributed by atoms with E-state index in [0.29, 0.717) is 41.5 Å². The highest BCUT2D eigenvalue weighted by molar-refractivity contribution is 7.78. The highest BCUT2D eigenvalue weighted by Gasteiger charge is 2.43. The molecule has 6 saturated carbocycles. The van der Waals surface area contributed by atoms with Crippen molar-refractivity contribution in [2.24, 2.45) is 71.0 Å². The average molecular weight is 843 g/mol. The van der Waals surface area contributed by atoms with Crippen LogP contribution in [0.4, 0.5) is 0 Å². The van der Waals surface area contributed by atoms with E-state index in [1.165, 1.54) is 80.9 Å². The van der Waals surface area contributed by atoms with Crippen molar-refractivity contribution in [2.45, 2.75) is 145 Å². The summed E-state index contributed by atoms with van der Waals surface area (Å²) in [6, 6.07) is 19.9. The van der Waals surface area contributed by atoms with Crippen LogP contribution in [0.15, 0.2) is 120 Å². The van der Waals surface area contributed by atoms with E-state index >= 15 is 0 Å². The number of carbonyl (C=O) groups is 1. The molecule has 0 spiro atoms. The molecule has 8 rings (SSSR count). The Morgan fingerprint density at radius 2 is 1.03 bits per heavy atom. The van der Waals surface area contributed by atoms with Crippen LogP contribution in [0.25, 0.3) is 0 Å². The first-order valence-corrected chi connectivity index (χ1v) is 26.7. The summed E-state index contributed by atoms with van der Waals surface area (Å²) in [6.45, 7) is 27.2. The van der Waals surface area contributed by atoms with Crippen LogP contribution in [-0.4, -0.2) is 11.9 Å². The van der Waals surface area contributed by atoms with Gasteiger partial charge in [0.25, 0.3) is 0 Å². The predicted octanol–water partition coefficient (Wildman–Crippen LogP) is 15.5. The van der Waals surface area contributed by atoms with Crippen LogP contribution in [0.3, 0.4) is 0 Å². The van der Waals surface area contributed by atoms with Crippen LogP contribution in [0, 0.1) is 71.0 Å². The van der Waals surface area contributed by atoms with Gasteiger partial charge in [0, 0.05) is 29.1 Å². The number of ketones is 1. The van der Waals surface area contributed by atoms with E-state index in [4.69, 9.17) is 0 Å². The first kappa shape index (κ1) is 47.5. The summed E-state index contributed by atoms with van der Waals surface area (Å²) in [5.74, 6) is 9.50. The number of fused-ring (bicyclic) bond motifs is 2. The maximum Gasteiger partial charge on any atom is 0.146 e. The molecule has 61 heavy (non-hydrogen) atoms. The van der Waals surface area contributed by atoms with Crippen molar-refractivity contribution in [2.75, 3.05) is 6.16 Å². The first-order valence-electron chi connectivity index (χ1n) is 24.8. The van der Waals surface area contributed by atoms with E-state index in [2.05, 4.69) is 86.8 Å². The van der Waals surface area contributed by atoms with Crippen LogP contribution < -0.4 is 10.6 Å². The number of Topliss-reactive ketones (excluding diaryl/α,β-unsaturated/α-hetero) is 1. The van der Waals surface area contributed by atoms with E-state index in [9.17, 15) is 9.36 Å². The molecule has 6 aliphatic rings. The quantitative estimate of drug-likeness (QED) is 0.206. The van der Waals surface area contributed by atoms with Gasteiger partial charge in [0.15, 0.2) is 0 Å². The monoisotopic (exact) mass is 843 g/mol. The maximum absolute atomic E-state index is 14.0. The molecule has 0 heterocycles. The van der Waals surface area contributed by atoms with Crippen LogP contribution in [0.2, 0.25) is 0 Å².